The number of hydrogen-bond acceptors (Lipinski definition) is 4. The largest absolute Gasteiger partial charge is 0.457 e. The van der Waals surface area contributed by atoms with Crippen LogP contribution in [0.3, 0.4) is 0 Å². The van der Waals surface area contributed by atoms with E-state index in [1.54, 1.807) is 0 Å². The summed E-state index contributed by atoms with van der Waals surface area (Å²) < 4.78 is 6.14. The van der Waals surface area contributed by atoms with Crippen molar-refractivity contribution < 1.29 is 19.1 Å². The highest BCUT2D eigenvalue weighted by Crippen LogP contribution is 2.74. The fourth-order valence-electron chi connectivity index (χ4n) is 9.85. The summed E-state index contributed by atoms with van der Waals surface area (Å²) in [7, 11) is 0. The Morgan fingerprint density at radius 2 is 1.53 bits per heavy atom. The van der Waals surface area contributed by atoms with Crippen molar-refractivity contribution in [3.05, 3.63) is 23.3 Å². The third-order valence-corrected chi connectivity index (χ3v) is 12.5. The monoisotopic (exact) mass is 464 g/mol. The molecule has 1 heterocycles. The first-order chi connectivity index (χ1) is 15.7. The number of fused-ring (bicyclic) bond motifs is 5. The molecule has 3 saturated carbocycles. The Balaban J connectivity index is 1.56. The average Bonchev–Trinajstić information content (AvgIpc) is 3.00. The maximum absolute atomic E-state index is 13.6. The fourth-order valence-corrected chi connectivity index (χ4v) is 9.85. The Hall–Kier alpha value is -1.71. The van der Waals surface area contributed by atoms with E-state index in [0.717, 1.165) is 38.5 Å². The van der Waals surface area contributed by atoms with Crippen molar-refractivity contribution in [3.63, 3.8) is 0 Å². The number of esters is 1. The van der Waals surface area contributed by atoms with Crippen LogP contribution < -0.4 is 0 Å². The fraction of sp³-hybridized carbons (Fsp3) is 0.767. The molecule has 34 heavy (non-hydrogen) atoms. The highest BCUT2D eigenvalue weighted by Gasteiger charge is 2.71. The second kappa shape index (κ2) is 6.16. The van der Waals surface area contributed by atoms with Crippen LogP contribution in [-0.2, 0) is 19.1 Å². The van der Waals surface area contributed by atoms with Gasteiger partial charge in [0.15, 0.2) is 0 Å². The van der Waals surface area contributed by atoms with Gasteiger partial charge in [0.1, 0.15) is 17.7 Å². The number of carbonyl (C=O) groups excluding carboxylic acids is 3. The maximum Gasteiger partial charge on any atom is 0.317 e. The van der Waals surface area contributed by atoms with E-state index in [1.165, 1.54) is 11.1 Å². The molecular formula is C30H40O4. The van der Waals surface area contributed by atoms with E-state index in [4.69, 9.17) is 4.74 Å². The van der Waals surface area contributed by atoms with Crippen LogP contribution in [0.4, 0.5) is 0 Å². The topological polar surface area (TPSA) is 60.4 Å². The van der Waals surface area contributed by atoms with Gasteiger partial charge in [-0.2, -0.15) is 0 Å². The van der Waals surface area contributed by atoms with Crippen molar-refractivity contribution >= 4 is 17.5 Å². The SMILES string of the molecule is CC1(C)CCC23CCC4(C)C(=C2C1OC3=O)C=CC1C2(C)C(=O)CC(=O)C(C)(C)C2CCC14C. The van der Waals surface area contributed by atoms with Crippen molar-refractivity contribution in [1.29, 1.82) is 0 Å². The van der Waals surface area contributed by atoms with Gasteiger partial charge in [-0.05, 0) is 72.3 Å². The number of rotatable bonds is 0. The summed E-state index contributed by atoms with van der Waals surface area (Å²) >= 11 is 0. The molecule has 0 aromatic rings. The van der Waals surface area contributed by atoms with Crippen LogP contribution in [0.5, 0.6) is 0 Å². The first-order valence-electron chi connectivity index (χ1n) is 13.4. The molecule has 0 aromatic carbocycles. The second-order valence-electron chi connectivity index (χ2n) is 14.4. The number of hydrogen-bond donors (Lipinski definition) is 0. The number of carbonyl (C=O) groups is 3. The molecule has 2 bridgehead atoms. The number of ketones is 2. The van der Waals surface area contributed by atoms with Crippen molar-refractivity contribution in [2.45, 2.75) is 99.5 Å². The molecule has 6 rings (SSSR count). The summed E-state index contributed by atoms with van der Waals surface area (Å²) in [6.45, 7) is 15.6. The summed E-state index contributed by atoms with van der Waals surface area (Å²) in [6.07, 6.45) is 10.1. The minimum Gasteiger partial charge on any atom is -0.457 e. The lowest BCUT2D eigenvalue weighted by Gasteiger charge is -2.67. The van der Waals surface area contributed by atoms with E-state index < -0.39 is 16.2 Å². The second-order valence-corrected chi connectivity index (χ2v) is 14.4. The van der Waals surface area contributed by atoms with E-state index in [-0.39, 0.29) is 58.1 Å². The lowest BCUT2D eigenvalue weighted by Crippen LogP contribution is -2.65. The van der Waals surface area contributed by atoms with Crippen LogP contribution in [0.15, 0.2) is 23.3 Å². The Morgan fingerprint density at radius 1 is 0.853 bits per heavy atom. The molecule has 4 fully saturated rings. The minimum absolute atomic E-state index is 0.00769. The third kappa shape index (κ3) is 2.22. The van der Waals surface area contributed by atoms with Gasteiger partial charge < -0.3 is 4.74 Å². The van der Waals surface area contributed by atoms with Gasteiger partial charge >= 0.3 is 5.97 Å². The van der Waals surface area contributed by atoms with Gasteiger partial charge in [0.05, 0.1) is 11.8 Å². The van der Waals surface area contributed by atoms with Crippen LogP contribution in [0.1, 0.15) is 93.4 Å². The molecule has 4 nitrogen and oxygen atoms in total. The predicted octanol–water partition coefficient (Wildman–Crippen LogP) is 5.99. The van der Waals surface area contributed by atoms with Gasteiger partial charge in [-0.25, -0.2) is 0 Å². The van der Waals surface area contributed by atoms with Crippen molar-refractivity contribution in [3.8, 4) is 0 Å². The lowest BCUT2D eigenvalue weighted by atomic mass is 9.35. The maximum atomic E-state index is 13.6. The number of allylic oxidation sites excluding steroid dienone is 3. The first kappa shape index (κ1) is 22.7. The van der Waals surface area contributed by atoms with E-state index in [2.05, 4.69) is 60.6 Å². The molecule has 0 amide bonds. The molecule has 4 heteroatoms. The van der Waals surface area contributed by atoms with Crippen LogP contribution >= 0.6 is 0 Å². The molecule has 5 aliphatic carbocycles. The average molecular weight is 465 g/mol. The Bertz CT molecular complexity index is 1110. The molecule has 0 N–H and O–H groups in total. The molecule has 1 saturated heterocycles. The normalized spacial score (nSPS) is 50.2. The summed E-state index contributed by atoms with van der Waals surface area (Å²) in [6, 6.07) is 0. The van der Waals surface area contributed by atoms with Crippen LogP contribution in [-0.4, -0.2) is 23.6 Å². The molecule has 7 atom stereocenters. The zero-order valence-corrected chi connectivity index (χ0v) is 22.0. The van der Waals surface area contributed by atoms with Gasteiger partial charge in [-0.1, -0.05) is 60.6 Å². The van der Waals surface area contributed by atoms with E-state index in [0.29, 0.717) is 0 Å². The summed E-state index contributed by atoms with van der Waals surface area (Å²) in [5, 5.41) is 0. The quantitative estimate of drug-likeness (QED) is 0.326. The van der Waals surface area contributed by atoms with Gasteiger partial charge in [-0.3, -0.25) is 14.4 Å². The van der Waals surface area contributed by atoms with Gasteiger partial charge in [-0.15, -0.1) is 0 Å². The van der Waals surface area contributed by atoms with Gasteiger partial charge in [0.2, 0.25) is 0 Å². The zero-order valence-electron chi connectivity index (χ0n) is 22.0. The highest BCUT2D eigenvalue weighted by molar-refractivity contribution is 6.07. The van der Waals surface area contributed by atoms with Gasteiger partial charge in [0.25, 0.3) is 0 Å². The molecule has 7 unspecified atom stereocenters. The summed E-state index contributed by atoms with van der Waals surface area (Å²) in [5.41, 5.74) is 0.844. The minimum atomic E-state index is -0.535. The zero-order chi connectivity index (χ0) is 24.7. The van der Waals surface area contributed by atoms with Crippen LogP contribution in [0.2, 0.25) is 0 Å². The smallest absolute Gasteiger partial charge is 0.317 e. The standard InChI is InChI=1S/C30H40O4/c1-25(2)12-14-30-15-13-27(5)17(22(30)23(25)34-24(30)33)8-9-19-28(27,6)11-10-18-26(3,4)20(31)16-21(32)29(18,19)7/h8-9,18-19,23H,10-16H2,1-7H3. The Morgan fingerprint density at radius 3 is 2.24 bits per heavy atom. The van der Waals surface area contributed by atoms with E-state index in [9.17, 15) is 14.4 Å². The molecule has 0 spiro atoms. The van der Waals surface area contributed by atoms with Crippen molar-refractivity contribution in [1.82, 2.24) is 0 Å². The molecule has 0 radical (unpaired) electrons. The van der Waals surface area contributed by atoms with Crippen LogP contribution in [0, 0.1) is 44.3 Å². The molecule has 6 aliphatic rings. The van der Waals surface area contributed by atoms with Crippen LogP contribution in [0.25, 0.3) is 0 Å². The van der Waals surface area contributed by atoms with Crippen molar-refractivity contribution in [2.24, 2.45) is 44.3 Å². The highest BCUT2D eigenvalue weighted by atomic mass is 16.6. The Kier molecular flexibility index (Phi) is 4.12. The van der Waals surface area contributed by atoms with Crippen molar-refractivity contribution in [2.75, 3.05) is 0 Å². The third-order valence-electron chi connectivity index (χ3n) is 12.5. The predicted molar refractivity (Wildman–Crippen MR) is 130 cm³/mol. The molecular weight excluding hydrogens is 424 g/mol. The van der Waals surface area contributed by atoms with Gasteiger partial charge in [0, 0.05) is 16.2 Å². The van der Waals surface area contributed by atoms with E-state index in [1.807, 2.05) is 0 Å². The summed E-state index contributed by atoms with van der Waals surface area (Å²) in [5.74, 6) is 0.388. The molecule has 0 aromatic heterocycles. The first-order valence-corrected chi connectivity index (χ1v) is 13.4. The molecule has 1 aliphatic heterocycles. The molecule has 184 valence electrons. The summed E-state index contributed by atoms with van der Waals surface area (Å²) in [4.78, 5) is 39.8. The van der Waals surface area contributed by atoms with E-state index >= 15 is 0 Å². The Labute approximate surface area is 204 Å². The number of ether oxygens (including phenoxy) is 1. The lowest BCUT2D eigenvalue weighted by molar-refractivity contribution is -0.176. The number of Topliss-reactive ketones (excluding diaryl/α,β-unsaturated/α-hetero) is 2.